The van der Waals surface area contributed by atoms with Crippen LogP contribution < -0.4 is 5.32 Å². The summed E-state index contributed by atoms with van der Waals surface area (Å²) in [5.41, 5.74) is 4.20. The van der Waals surface area contributed by atoms with E-state index in [1.165, 1.54) is 5.56 Å². The predicted octanol–water partition coefficient (Wildman–Crippen LogP) is 5.25. The van der Waals surface area contributed by atoms with Crippen LogP contribution in [-0.4, -0.2) is 6.54 Å². The van der Waals surface area contributed by atoms with Crippen molar-refractivity contribution in [2.75, 3.05) is 6.54 Å². The number of hydrogen-bond donors (Lipinski definition) is 1. The minimum atomic E-state index is -0.147. The fourth-order valence-electron chi connectivity index (χ4n) is 2.58. The average Bonchev–Trinajstić information content (AvgIpc) is 2.51. The minimum absolute atomic E-state index is 0.147. The lowest BCUT2D eigenvalue weighted by Crippen LogP contribution is -2.21. The molecule has 2 aromatic rings. The summed E-state index contributed by atoms with van der Waals surface area (Å²) < 4.78 is 13.4. The molecule has 2 heteroatoms. The first-order chi connectivity index (χ1) is 10.2. The van der Waals surface area contributed by atoms with Crippen molar-refractivity contribution in [2.45, 2.75) is 39.7 Å². The molecular formula is C19H24FN. The van der Waals surface area contributed by atoms with E-state index >= 15 is 0 Å². The first kappa shape index (κ1) is 15.7. The van der Waals surface area contributed by atoms with Crippen LogP contribution in [0.2, 0.25) is 0 Å². The largest absolute Gasteiger partial charge is 0.310 e. The Kier molecular flexibility index (Phi) is 5.51. The lowest BCUT2D eigenvalue weighted by Gasteiger charge is -2.18. The Labute approximate surface area is 127 Å². The standard InChI is InChI=1S/C19H24FN/c1-4-11-21-19(5-2)17-8-6-7-15(13-17)16-9-10-18(20)14(3)12-16/h6-10,12-13,19,21H,4-5,11H2,1-3H3. The Morgan fingerprint density at radius 1 is 1.05 bits per heavy atom. The molecule has 1 atom stereocenters. The number of aryl methyl sites for hydroxylation is 1. The van der Waals surface area contributed by atoms with Crippen LogP contribution in [0, 0.1) is 12.7 Å². The average molecular weight is 285 g/mol. The first-order valence-electron chi connectivity index (χ1n) is 7.75. The lowest BCUT2D eigenvalue weighted by atomic mass is 9.97. The summed E-state index contributed by atoms with van der Waals surface area (Å²) in [6, 6.07) is 14.2. The third kappa shape index (κ3) is 3.92. The zero-order chi connectivity index (χ0) is 15.2. The molecule has 2 aromatic carbocycles. The van der Waals surface area contributed by atoms with Gasteiger partial charge in [0.1, 0.15) is 5.82 Å². The molecule has 0 aromatic heterocycles. The highest BCUT2D eigenvalue weighted by Crippen LogP contribution is 2.26. The van der Waals surface area contributed by atoms with Crippen LogP contribution >= 0.6 is 0 Å². The third-order valence-electron chi connectivity index (χ3n) is 3.83. The normalized spacial score (nSPS) is 12.4. The van der Waals surface area contributed by atoms with Crippen LogP contribution in [-0.2, 0) is 0 Å². The molecule has 112 valence electrons. The second-order valence-electron chi connectivity index (χ2n) is 5.50. The molecule has 0 heterocycles. The van der Waals surface area contributed by atoms with Crippen molar-refractivity contribution in [1.29, 1.82) is 0 Å². The van der Waals surface area contributed by atoms with Gasteiger partial charge in [-0.3, -0.25) is 0 Å². The molecule has 1 nitrogen and oxygen atoms in total. The van der Waals surface area contributed by atoms with Crippen molar-refractivity contribution in [3.63, 3.8) is 0 Å². The summed E-state index contributed by atoms with van der Waals surface area (Å²) in [7, 11) is 0. The van der Waals surface area contributed by atoms with Crippen LogP contribution in [0.1, 0.15) is 43.9 Å². The lowest BCUT2D eigenvalue weighted by molar-refractivity contribution is 0.518. The van der Waals surface area contributed by atoms with Gasteiger partial charge in [-0.2, -0.15) is 0 Å². The van der Waals surface area contributed by atoms with Crippen molar-refractivity contribution in [1.82, 2.24) is 5.32 Å². The minimum Gasteiger partial charge on any atom is -0.310 e. The highest BCUT2D eigenvalue weighted by atomic mass is 19.1. The predicted molar refractivity (Wildman–Crippen MR) is 87.9 cm³/mol. The molecule has 0 bridgehead atoms. The van der Waals surface area contributed by atoms with Crippen LogP contribution in [0.5, 0.6) is 0 Å². The van der Waals surface area contributed by atoms with Crippen molar-refractivity contribution < 1.29 is 4.39 Å². The van der Waals surface area contributed by atoms with E-state index in [9.17, 15) is 4.39 Å². The van der Waals surface area contributed by atoms with Gasteiger partial charge in [-0.05, 0) is 66.8 Å². The van der Waals surface area contributed by atoms with E-state index < -0.39 is 0 Å². The fraction of sp³-hybridized carbons (Fsp3) is 0.368. The topological polar surface area (TPSA) is 12.0 Å². The number of rotatable bonds is 6. The van der Waals surface area contributed by atoms with Gasteiger partial charge in [0.15, 0.2) is 0 Å². The van der Waals surface area contributed by atoms with Crippen LogP contribution in [0.4, 0.5) is 4.39 Å². The summed E-state index contributed by atoms with van der Waals surface area (Å²) in [6.07, 6.45) is 2.19. The number of nitrogens with one attached hydrogen (secondary N) is 1. The van der Waals surface area contributed by atoms with Crippen molar-refractivity contribution >= 4 is 0 Å². The maximum absolute atomic E-state index is 13.4. The number of hydrogen-bond acceptors (Lipinski definition) is 1. The van der Waals surface area contributed by atoms with Crippen molar-refractivity contribution in [2.24, 2.45) is 0 Å². The van der Waals surface area contributed by atoms with E-state index in [4.69, 9.17) is 0 Å². The van der Waals surface area contributed by atoms with E-state index in [0.717, 1.165) is 30.5 Å². The molecule has 0 aliphatic heterocycles. The van der Waals surface area contributed by atoms with Gasteiger partial charge in [-0.1, -0.05) is 38.1 Å². The first-order valence-corrected chi connectivity index (χ1v) is 7.75. The fourth-order valence-corrected chi connectivity index (χ4v) is 2.58. The molecule has 1 unspecified atom stereocenters. The van der Waals surface area contributed by atoms with E-state index in [1.54, 1.807) is 13.0 Å². The molecule has 0 aliphatic carbocycles. The summed E-state index contributed by atoms with van der Waals surface area (Å²) in [6.45, 7) is 7.21. The number of halogens is 1. The molecule has 0 radical (unpaired) electrons. The van der Waals surface area contributed by atoms with Crippen molar-refractivity contribution in [3.8, 4) is 11.1 Å². The van der Waals surface area contributed by atoms with Gasteiger partial charge in [-0.25, -0.2) is 4.39 Å². The van der Waals surface area contributed by atoms with Gasteiger partial charge in [0.25, 0.3) is 0 Å². The van der Waals surface area contributed by atoms with Gasteiger partial charge in [-0.15, -0.1) is 0 Å². The molecule has 0 spiro atoms. The summed E-state index contributed by atoms with van der Waals surface area (Å²) >= 11 is 0. The van der Waals surface area contributed by atoms with Gasteiger partial charge >= 0.3 is 0 Å². The smallest absolute Gasteiger partial charge is 0.126 e. The van der Waals surface area contributed by atoms with Crippen LogP contribution in [0.3, 0.4) is 0 Å². The van der Waals surface area contributed by atoms with Crippen LogP contribution in [0.15, 0.2) is 42.5 Å². The Balaban J connectivity index is 2.29. The maximum atomic E-state index is 13.4. The highest BCUT2D eigenvalue weighted by Gasteiger charge is 2.09. The Morgan fingerprint density at radius 3 is 2.48 bits per heavy atom. The van der Waals surface area contributed by atoms with Gasteiger partial charge in [0.2, 0.25) is 0 Å². The second kappa shape index (κ2) is 7.37. The zero-order valence-electron chi connectivity index (χ0n) is 13.1. The molecular weight excluding hydrogens is 261 g/mol. The molecule has 0 aliphatic rings. The van der Waals surface area contributed by atoms with E-state index in [0.29, 0.717) is 11.6 Å². The quantitative estimate of drug-likeness (QED) is 0.764. The molecule has 21 heavy (non-hydrogen) atoms. The van der Waals surface area contributed by atoms with E-state index in [1.807, 2.05) is 12.1 Å². The third-order valence-corrected chi connectivity index (χ3v) is 3.83. The summed E-state index contributed by atoms with van der Waals surface area (Å²) in [5, 5.41) is 3.57. The Bertz CT molecular complexity index is 592. The summed E-state index contributed by atoms with van der Waals surface area (Å²) in [5.74, 6) is -0.147. The second-order valence-corrected chi connectivity index (χ2v) is 5.50. The van der Waals surface area contributed by atoms with Crippen LogP contribution in [0.25, 0.3) is 11.1 Å². The molecule has 0 amide bonds. The summed E-state index contributed by atoms with van der Waals surface area (Å²) in [4.78, 5) is 0. The highest BCUT2D eigenvalue weighted by molar-refractivity contribution is 5.65. The maximum Gasteiger partial charge on any atom is 0.126 e. The molecule has 0 saturated carbocycles. The number of benzene rings is 2. The SMILES string of the molecule is CCCNC(CC)c1cccc(-c2ccc(F)c(C)c2)c1. The van der Waals surface area contributed by atoms with Gasteiger partial charge in [0.05, 0.1) is 0 Å². The van der Waals surface area contributed by atoms with Gasteiger partial charge in [0, 0.05) is 6.04 Å². The molecule has 0 saturated heterocycles. The molecule has 0 fully saturated rings. The molecule has 2 rings (SSSR count). The van der Waals surface area contributed by atoms with E-state index in [2.05, 4.69) is 43.4 Å². The zero-order valence-corrected chi connectivity index (χ0v) is 13.1. The Morgan fingerprint density at radius 2 is 1.81 bits per heavy atom. The molecule has 1 N–H and O–H groups in total. The van der Waals surface area contributed by atoms with E-state index in [-0.39, 0.29) is 5.82 Å². The Hall–Kier alpha value is -1.67. The monoisotopic (exact) mass is 285 g/mol. The van der Waals surface area contributed by atoms with Crippen molar-refractivity contribution in [3.05, 3.63) is 59.4 Å². The van der Waals surface area contributed by atoms with Gasteiger partial charge < -0.3 is 5.32 Å².